The number of hydrogen-bond acceptors (Lipinski definition) is 3. The van der Waals surface area contributed by atoms with Crippen molar-refractivity contribution in [2.24, 2.45) is 0 Å². The lowest BCUT2D eigenvalue weighted by Gasteiger charge is -2.03. The largest absolute Gasteiger partial charge is 0.486 e. The highest BCUT2D eigenvalue weighted by Gasteiger charge is 2.02. The van der Waals surface area contributed by atoms with E-state index in [2.05, 4.69) is 20.9 Å². The zero-order chi connectivity index (χ0) is 11.4. The quantitative estimate of drug-likeness (QED) is 0.787. The highest BCUT2D eigenvalue weighted by Crippen LogP contribution is 2.20. The van der Waals surface area contributed by atoms with E-state index in [0.29, 0.717) is 12.5 Å². The van der Waals surface area contributed by atoms with E-state index in [-0.39, 0.29) is 0 Å². The Morgan fingerprint density at radius 2 is 2.31 bits per heavy atom. The Balaban J connectivity index is 1.96. The normalized spacial score (nSPS) is 10.4. The number of aromatic nitrogens is 1. The summed E-state index contributed by atoms with van der Waals surface area (Å²) >= 11 is 10.6. The van der Waals surface area contributed by atoms with E-state index in [0.717, 1.165) is 20.9 Å². The van der Waals surface area contributed by atoms with Gasteiger partial charge in [-0.25, -0.2) is 4.98 Å². The number of thiazole rings is 1. The molecule has 1 aromatic carbocycles. The molecule has 0 saturated heterocycles. The van der Waals surface area contributed by atoms with Gasteiger partial charge in [-0.05, 0) is 18.2 Å². The molecule has 84 valence electrons. The fourth-order valence-corrected chi connectivity index (χ4v) is 2.49. The molecular formula is C11H9BrClNOS. The summed E-state index contributed by atoms with van der Waals surface area (Å²) < 4.78 is 6.61. The Bertz CT molecular complexity index is 475. The minimum absolute atomic E-state index is 0.452. The van der Waals surface area contributed by atoms with Crippen LogP contribution < -0.4 is 4.74 Å². The first kappa shape index (κ1) is 11.9. The number of nitrogens with zero attached hydrogens (tertiary/aromatic N) is 1. The topological polar surface area (TPSA) is 22.1 Å². The van der Waals surface area contributed by atoms with Crippen molar-refractivity contribution in [1.82, 2.24) is 4.98 Å². The maximum absolute atomic E-state index is 5.68. The fourth-order valence-electron chi connectivity index (χ4n) is 1.18. The van der Waals surface area contributed by atoms with Gasteiger partial charge in [0.15, 0.2) is 0 Å². The summed E-state index contributed by atoms with van der Waals surface area (Å²) in [5.41, 5.74) is 0.902. The van der Waals surface area contributed by atoms with Crippen molar-refractivity contribution in [1.29, 1.82) is 0 Å². The maximum atomic E-state index is 5.68. The molecule has 0 radical (unpaired) electrons. The van der Waals surface area contributed by atoms with Crippen LogP contribution in [0.4, 0.5) is 0 Å². The van der Waals surface area contributed by atoms with E-state index in [9.17, 15) is 0 Å². The lowest BCUT2D eigenvalue weighted by atomic mass is 10.3. The number of ether oxygens (including phenoxy) is 1. The molecule has 0 fully saturated rings. The number of halogens is 2. The molecule has 0 atom stereocenters. The van der Waals surface area contributed by atoms with E-state index in [1.54, 1.807) is 11.3 Å². The minimum atomic E-state index is 0.452. The zero-order valence-corrected chi connectivity index (χ0v) is 11.5. The van der Waals surface area contributed by atoms with E-state index in [1.165, 1.54) is 0 Å². The number of rotatable bonds is 4. The summed E-state index contributed by atoms with van der Waals surface area (Å²) in [5.74, 6) is 1.28. The lowest BCUT2D eigenvalue weighted by molar-refractivity contribution is 0.305. The van der Waals surface area contributed by atoms with Crippen LogP contribution in [0.2, 0.25) is 0 Å². The lowest BCUT2D eigenvalue weighted by Crippen LogP contribution is -1.94. The molecule has 0 amide bonds. The highest BCUT2D eigenvalue weighted by atomic mass is 79.9. The number of hydrogen-bond donors (Lipinski definition) is 0. The van der Waals surface area contributed by atoms with Crippen LogP contribution in [0.25, 0.3) is 0 Å². The van der Waals surface area contributed by atoms with Gasteiger partial charge in [0.25, 0.3) is 0 Å². The summed E-state index contributed by atoms with van der Waals surface area (Å²) in [6.07, 6.45) is 0. The van der Waals surface area contributed by atoms with Crippen LogP contribution in [0, 0.1) is 0 Å². The molecule has 2 rings (SSSR count). The van der Waals surface area contributed by atoms with Gasteiger partial charge in [-0.3, -0.25) is 0 Å². The molecule has 2 aromatic rings. The third-order valence-corrected chi connectivity index (χ3v) is 3.53. The monoisotopic (exact) mass is 317 g/mol. The van der Waals surface area contributed by atoms with Crippen molar-refractivity contribution in [3.05, 3.63) is 44.8 Å². The second-order valence-electron chi connectivity index (χ2n) is 3.11. The Kier molecular flexibility index (Phi) is 4.21. The molecule has 1 heterocycles. The van der Waals surface area contributed by atoms with Crippen molar-refractivity contribution in [3.63, 3.8) is 0 Å². The van der Waals surface area contributed by atoms with Gasteiger partial charge in [-0.15, -0.1) is 22.9 Å². The third kappa shape index (κ3) is 3.20. The van der Waals surface area contributed by atoms with Gasteiger partial charge in [0.2, 0.25) is 0 Å². The second kappa shape index (κ2) is 5.66. The minimum Gasteiger partial charge on any atom is -0.486 e. The van der Waals surface area contributed by atoms with Crippen LogP contribution in [0.1, 0.15) is 10.7 Å². The SMILES string of the molecule is ClCc1csc(COc2cccc(Br)c2)n1. The molecule has 16 heavy (non-hydrogen) atoms. The molecule has 0 unspecified atom stereocenters. The van der Waals surface area contributed by atoms with Crippen LogP contribution in [0.15, 0.2) is 34.1 Å². The summed E-state index contributed by atoms with van der Waals surface area (Å²) in [6.45, 7) is 0.484. The van der Waals surface area contributed by atoms with Gasteiger partial charge in [-0.2, -0.15) is 0 Å². The first-order valence-corrected chi connectivity index (χ1v) is 6.86. The van der Waals surface area contributed by atoms with Gasteiger partial charge in [0.1, 0.15) is 17.4 Å². The van der Waals surface area contributed by atoms with Crippen LogP contribution in [0.5, 0.6) is 5.75 Å². The summed E-state index contributed by atoms with van der Waals surface area (Å²) in [6, 6.07) is 7.74. The van der Waals surface area contributed by atoms with Gasteiger partial charge >= 0.3 is 0 Å². The summed E-state index contributed by atoms with van der Waals surface area (Å²) in [4.78, 5) is 4.32. The molecule has 5 heteroatoms. The molecule has 2 nitrogen and oxygen atoms in total. The molecule has 0 aliphatic carbocycles. The Hall–Kier alpha value is -0.580. The molecular weight excluding hydrogens is 310 g/mol. The molecule has 0 N–H and O–H groups in total. The number of benzene rings is 1. The molecule has 0 aliphatic rings. The third-order valence-electron chi connectivity index (χ3n) is 1.89. The Labute approximate surface area is 111 Å². The fraction of sp³-hybridized carbons (Fsp3) is 0.182. The van der Waals surface area contributed by atoms with Gasteiger partial charge in [0.05, 0.1) is 11.6 Å². The average molecular weight is 319 g/mol. The van der Waals surface area contributed by atoms with Gasteiger partial charge < -0.3 is 4.74 Å². The first-order chi connectivity index (χ1) is 7.78. The second-order valence-corrected chi connectivity index (χ2v) is 5.24. The summed E-state index contributed by atoms with van der Waals surface area (Å²) in [7, 11) is 0. The Morgan fingerprint density at radius 3 is 3.00 bits per heavy atom. The highest BCUT2D eigenvalue weighted by molar-refractivity contribution is 9.10. The van der Waals surface area contributed by atoms with Crippen LogP contribution >= 0.6 is 38.9 Å². The molecule has 1 aromatic heterocycles. The van der Waals surface area contributed by atoms with Crippen molar-refractivity contribution < 1.29 is 4.74 Å². The molecule has 0 spiro atoms. The van der Waals surface area contributed by atoms with E-state index >= 15 is 0 Å². The van der Waals surface area contributed by atoms with Crippen molar-refractivity contribution in [3.8, 4) is 5.75 Å². The predicted molar refractivity (Wildman–Crippen MR) is 70.1 cm³/mol. The van der Waals surface area contributed by atoms with Gasteiger partial charge in [-0.1, -0.05) is 22.0 Å². The zero-order valence-electron chi connectivity index (χ0n) is 8.32. The van der Waals surface area contributed by atoms with Crippen molar-refractivity contribution in [2.75, 3.05) is 0 Å². The van der Waals surface area contributed by atoms with E-state index in [1.807, 2.05) is 29.6 Å². The molecule has 0 saturated carbocycles. The molecule has 0 aliphatic heterocycles. The van der Waals surface area contributed by atoms with Crippen molar-refractivity contribution >= 4 is 38.9 Å². The predicted octanol–water partition coefficient (Wildman–Crippen LogP) is 4.22. The average Bonchev–Trinajstić information content (AvgIpc) is 2.74. The van der Waals surface area contributed by atoms with Crippen LogP contribution in [-0.4, -0.2) is 4.98 Å². The van der Waals surface area contributed by atoms with Crippen LogP contribution in [0.3, 0.4) is 0 Å². The Morgan fingerprint density at radius 1 is 1.44 bits per heavy atom. The maximum Gasteiger partial charge on any atom is 0.140 e. The van der Waals surface area contributed by atoms with Gasteiger partial charge in [0, 0.05) is 9.85 Å². The summed E-state index contributed by atoms with van der Waals surface area (Å²) in [5, 5.41) is 2.89. The number of alkyl halides is 1. The van der Waals surface area contributed by atoms with Crippen LogP contribution in [-0.2, 0) is 12.5 Å². The van der Waals surface area contributed by atoms with E-state index in [4.69, 9.17) is 16.3 Å². The first-order valence-electron chi connectivity index (χ1n) is 4.65. The van der Waals surface area contributed by atoms with E-state index < -0.39 is 0 Å². The standard InChI is InChI=1S/C11H9BrClNOS/c12-8-2-1-3-10(4-8)15-6-11-14-9(5-13)7-16-11/h1-4,7H,5-6H2. The molecule has 0 bridgehead atoms. The smallest absolute Gasteiger partial charge is 0.140 e. The van der Waals surface area contributed by atoms with Crippen molar-refractivity contribution in [2.45, 2.75) is 12.5 Å².